The second-order valence-electron chi connectivity index (χ2n) is 4.95. The lowest BCUT2D eigenvalue weighted by atomic mass is 9.94. The van der Waals surface area contributed by atoms with Crippen LogP contribution in [0.15, 0.2) is 22.7 Å². The van der Waals surface area contributed by atoms with Crippen LogP contribution in [0.1, 0.15) is 29.6 Å². The van der Waals surface area contributed by atoms with Crippen molar-refractivity contribution in [2.45, 2.75) is 19.3 Å². The fourth-order valence-electron chi connectivity index (χ4n) is 2.30. The Morgan fingerprint density at radius 2 is 2.05 bits per heavy atom. The van der Waals surface area contributed by atoms with Gasteiger partial charge in [0.2, 0.25) is 5.91 Å². The van der Waals surface area contributed by atoms with Crippen LogP contribution < -0.4 is 10.6 Å². The van der Waals surface area contributed by atoms with Gasteiger partial charge >= 0.3 is 5.97 Å². The SMILES string of the molecule is O=C(CC1CCNCC1)Nc1ccc(C(=O)O)cc1Br. The summed E-state index contributed by atoms with van der Waals surface area (Å²) in [6.45, 7) is 1.93. The number of carboxylic acids is 1. The number of rotatable bonds is 4. The first-order chi connectivity index (χ1) is 9.56. The number of piperidine rings is 1. The molecule has 0 unspecified atom stereocenters. The average molecular weight is 341 g/mol. The van der Waals surface area contributed by atoms with Crippen LogP contribution in [0, 0.1) is 5.92 Å². The molecule has 1 fully saturated rings. The Morgan fingerprint density at radius 1 is 1.35 bits per heavy atom. The summed E-state index contributed by atoms with van der Waals surface area (Å²) < 4.78 is 0.580. The zero-order valence-electron chi connectivity index (χ0n) is 11.0. The molecule has 1 saturated heterocycles. The van der Waals surface area contributed by atoms with Crippen molar-refractivity contribution >= 4 is 33.5 Å². The third kappa shape index (κ3) is 4.05. The normalized spacial score (nSPS) is 15.8. The highest BCUT2D eigenvalue weighted by molar-refractivity contribution is 9.10. The number of hydrogen-bond acceptors (Lipinski definition) is 3. The number of benzene rings is 1. The first kappa shape index (κ1) is 15.0. The molecular formula is C14H17BrN2O3. The Bertz CT molecular complexity index is 513. The van der Waals surface area contributed by atoms with Crippen molar-refractivity contribution < 1.29 is 14.7 Å². The molecule has 0 radical (unpaired) electrons. The minimum absolute atomic E-state index is 0.0272. The predicted molar refractivity (Wildman–Crippen MR) is 79.9 cm³/mol. The van der Waals surface area contributed by atoms with E-state index in [-0.39, 0.29) is 11.5 Å². The summed E-state index contributed by atoms with van der Waals surface area (Å²) in [6.07, 6.45) is 2.55. The van der Waals surface area contributed by atoms with Crippen molar-refractivity contribution in [2.75, 3.05) is 18.4 Å². The number of nitrogens with one attached hydrogen (secondary N) is 2. The molecule has 0 aliphatic carbocycles. The van der Waals surface area contributed by atoms with E-state index in [0.29, 0.717) is 22.5 Å². The van der Waals surface area contributed by atoms with E-state index < -0.39 is 5.97 Å². The predicted octanol–water partition coefficient (Wildman–Crippen LogP) is 2.48. The van der Waals surface area contributed by atoms with Crippen LogP contribution >= 0.6 is 15.9 Å². The average Bonchev–Trinajstić information content (AvgIpc) is 2.42. The van der Waals surface area contributed by atoms with Crippen LogP contribution in [0.3, 0.4) is 0 Å². The molecule has 5 nitrogen and oxygen atoms in total. The first-order valence-corrected chi connectivity index (χ1v) is 7.39. The number of hydrogen-bond donors (Lipinski definition) is 3. The van der Waals surface area contributed by atoms with Gasteiger partial charge in [-0.3, -0.25) is 4.79 Å². The van der Waals surface area contributed by atoms with Gasteiger partial charge in [0.25, 0.3) is 0 Å². The second kappa shape index (κ2) is 6.85. The molecule has 1 aromatic rings. The van der Waals surface area contributed by atoms with Crippen LogP contribution in [0.5, 0.6) is 0 Å². The molecular weight excluding hydrogens is 324 g/mol. The van der Waals surface area contributed by atoms with Crippen molar-refractivity contribution in [3.05, 3.63) is 28.2 Å². The summed E-state index contributed by atoms with van der Waals surface area (Å²) in [5.41, 5.74) is 0.794. The molecule has 1 amide bonds. The van der Waals surface area contributed by atoms with Gasteiger partial charge in [0.15, 0.2) is 0 Å². The molecule has 0 atom stereocenters. The maximum absolute atomic E-state index is 12.0. The third-order valence-corrected chi connectivity index (χ3v) is 4.08. The van der Waals surface area contributed by atoms with Crippen molar-refractivity contribution in [1.29, 1.82) is 0 Å². The molecule has 2 rings (SSSR count). The van der Waals surface area contributed by atoms with Crippen molar-refractivity contribution in [3.8, 4) is 0 Å². The number of carbonyl (C=O) groups excluding carboxylic acids is 1. The lowest BCUT2D eigenvalue weighted by Gasteiger charge is -2.22. The summed E-state index contributed by atoms with van der Waals surface area (Å²) in [6, 6.07) is 4.57. The zero-order valence-corrected chi connectivity index (χ0v) is 12.6. The van der Waals surface area contributed by atoms with Crippen LogP contribution in [-0.4, -0.2) is 30.1 Å². The van der Waals surface area contributed by atoms with Crippen molar-refractivity contribution in [1.82, 2.24) is 5.32 Å². The summed E-state index contributed by atoms with van der Waals surface area (Å²) in [4.78, 5) is 22.8. The zero-order chi connectivity index (χ0) is 14.5. The van der Waals surface area contributed by atoms with E-state index in [2.05, 4.69) is 26.6 Å². The fourth-order valence-corrected chi connectivity index (χ4v) is 2.78. The minimum Gasteiger partial charge on any atom is -0.478 e. The lowest BCUT2D eigenvalue weighted by molar-refractivity contribution is -0.117. The van der Waals surface area contributed by atoms with E-state index in [0.717, 1.165) is 25.9 Å². The fraction of sp³-hybridized carbons (Fsp3) is 0.429. The number of anilines is 1. The molecule has 0 saturated carbocycles. The Kier molecular flexibility index (Phi) is 5.14. The van der Waals surface area contributed by atoms with E-state index in [9.17, 15) is 9.59 Å². The van der Waals surface area contributed by atoms with Crippen LogP contribution in [-0.2, 0) is 4.79 Å². The number of aromatic carboxylic acids is 1. The van der Waals surface area contributed by atoms with Crippen LogP contribution in [0.4, 0.5) is 5.69 Å². The van der Waals surface area contributed by atoms with E-state index in [4.69, 9.17) is 5.11 Å². The van der Waals surface area contributed by atoms with Crippen molar-refractivity contribution in [3.63, 3.8) is 0 Å². The molecule has 20 heavy (non-hydrogen) atoms. The van der Waals surface area contributed by atoms with Gasteiger partial charge in [0.1, 0.15) is 0 Å². The van der Waals surface area contributed by atoms with Gasteiger partial charge in [-0.2, -0.15) is 0 Å². The Labute approximate surface area is 125 Å². The van der Waals surface area contributed by atoms with Gasteiger partial charge in [-0.1, -0.05) is 0 Å². The van der Waals surface area contributed by atoms with E-state index in [1.54, 1.807) is 6.07 Å². The van der Waals surface area contributed by atoms with Crippen LogP contribution in [0.25, 0.3) is 0 Å². The molecule has 1 aliphatic heterocycles. The quantitative estimate of drug-likeness (QED) is 0.786. The first-order valence-electron chi connectivity index (χ1n) is 6.59. The van der Waals surface area contributed by atoms with Gasteiger partial charge in [0, 0.05) is 10.9 Å². The van der Waals surface area contributed by atoms with E-state index >= 15 is 0 Å². The standard InChI is InChI=1S/C14H17BrN2O3/c15-11-8-10(14(19)20)1-2-12(11)17-13(18)7-9-3-5-16-6-4-9/h1-2,8-9,16H,3-7H2,(H,17,18)(H,19,20). The summed E-state index contributed by atoms with van der Waals surface area (Å²) in [7, 11) is 0. The molecule has 0 aromatic heterocycles. The maximum atomic E-state index is 12.0. The minimum atomic E-state index is -0.988. The Morgan fingerprint density at radius 3 is 2.65 bits per heavy atom. The molecule has 6 heteroatoms. The summed E-state index contributed by atoms with van der Waals surface area (Å²) >= 11 is 3.28. The van der Waals surface area contributed by atoms with Crippen LogP contribution in [0.2, 0.25) is 0 Å². The van der Waals surface area contributed by atoms with Gasteiger partial charge < -0.3 is 15.7 Å². The molecule has 3 N–H and O–H groups in total. The summed E-state index contributed by atoms with van der Waals surface area (Å²) in [5, 5.41) is 15.0. The molecule has 0 spiro atoms. The molecule has 1 aromatic carbocycles. The monoisotopic (exact) mass is 340 g/mol. The topological polar surface area (TPSA) is 78.4 Å². The Hall–Kier alpha value is -1.40. The van der Waals surface area contributed by atoms with Gasteiger partial charge in [-0.05, 0) is 66.0 Å². The molecule has 1 heterocycles. The Balaban J connectivity index is 1.95. The van der Waals surface area contributed by atoms with Gasteiger partial charge in [-0.25, -0.2) is 4.79 Å². The third-order valence-electron chi connectivity index (χ3n) is 3.42. The highest BCUT2D eigenvalue weighted by Crippen LogP contribution is 2.25. The van der Waals surface area contributed by atoms with Crippen molar-refractivity contribution in [2.24, 2.45) is 5.92 Å². The second-order valence-corrected chi connectivity index (χ2v) is 5.80. The smallest absolute Gasteiger partial charge is 0.335 e. The highest BCUT2D eigenvalue weighted by Gasteiger charge is 2.17. The molecule has 1 aliphatic rings. The lowest BCUT2D eigenvalue weighted by Crippen LogP contribution is -2.30. The largest absolute Gasteiger partial charge is 0.478 e. The maximum Gasteiger partial charge on any atom is 0.335 e. The number of carbonyl (C=O) groups is 2. The van der Waals surface area contributed by atoms with Gasteiger partial charge in [-0.15, -0.1) is 0 Å². The van der Waals surface area contributed by atoms with E-state index in [1.807, 2.05) is 0 Å². The number of carboxylic acid groups (broad SMARTS) is 1. The number of amides is 1. The molecule has 0 bridgehead atoms. The number of halogens is 1. The highest BCUT2D eigenvalue weighted by atomic mass is 79.9. The van der Waals surface area contributed by atoms with Gasteiger partial charge in [0.05, 0.1) is 11.3 Å². The molecule has 108 valence electrons. The summed E-state index contributed by atoms with van der Waals surface area (Å²) in [5.74, 6) is -0.590. The van der Waals surface area contributed by atoms with E-state index in [1.165, 1.54) is 12.1 Å².